The van der Waals surface area contributed by atoms with Crippen LogP contribution in [-0.2, 0) is 11.0 Å². The van der Waals surface area contributed by atoms with E-state index in [9.17, 15) is 0 Å². The number of hydrogen-bond acceptors (Lipinski definition) is 4. The molecule has 1 heterocycles. The Bertz CT molecular complexity index is 370. The Morgan fingerprint density at radius 1 is 1.24 bits per heavy atom. The van der Waals surface area contributed by atoms with E-state index < -0.39 is 0 Å². The molecule has 5 nitrogen and oxygen atoms in total. The van der Waals surface area contributed by atoms with Crippen molar-refractivity contribution in [3.63, 3.8) is 0 Å². The molecule has 1 aromatic heterocycles. The van der Waals surface area contributed by atoms with E-state index in [2.05, 4.69) is 36.2 Å². The largest absolute Gasteiger partial charge is 0.329 e. The first kappa shape index (κ1) is 12.5. The lowest BCUT2D eigenvalue weighted by Gasteiger charge is -2.33. The van der Waals surface area contributed by atoms with Crippen molar-refractivity contribution in [1.29, 1.82) is 0 Å². The third kappa shape index (κ3) is 2.34. The molecule has 0 unspecified atom stereocenters. The van der Waals surface area contributed by atoms with Crippen molar-refractivity contribution in [2.45, 2.75) is 63.8 Å². The van der Waals surface area contributed by atoms with E-state index in [1.54, 1.807) is 4.80 Å². The van der Waals surface area contributed by atoms with E-state index in [4.69, 9.17) is 5.73 Å². The first-order valence-corrected chi connectivity index (χ1v) is 6.49. The van der Waals surface area contributed by atoms with Crippen LogP contribution in [-0.4, -0.2) is 26.8 Å². The van der Waals surface area contributed by atoms with Gasteiger partial charge in [0.25, 0.3) is 0 Å². The molecule has 1 fully saturated rings. The summed E-state index contributed by atoms with van der Waals surface area (Å²) in [5, 5.41) is 13.0. The zero-order chi connectivity index (χ0) is 12.5. The lowest BCUT2D eigenvalue weighted by molar-refractivity contribution is 0.274. The number of aromatic nitrogens is 4. The van der Waals surface area contributed by atoms with Gasteiger partial charge in [0.2, 0.25) is 0 Å². The molecule has 96 valence electrons. The monoisotopic (exact) mass is 237 g/mol. The van der Waals surface area contributed by atoms with Crippen molar-refractivity contribution in [2.24, 2.45) is 5.73 Å². The summed E-state index contributed by atoms with van der Waals surface area (Å²) in [6.45, 7) is 6.86. The van der Waals surface area contributed by atoms with Gasteiger partial charge in [-0.15, -0.1) is 10.2 Å². The summed E-state index contributed by atoms with van der Waals surface area (Å²) in [5.41, 5.74) is 5.83. The minimum absolute atomic E-state index is 0.0260. The molecule has 1 aliphatic rings. The maximum absolute atomic E-state index is 5.97. The SMILES string of the molecule is CC(C)(C)n1nnc(C2(CN)CCCCC2)n1. The molecule has 0 spiro atoms. The van der Waals surface area contributed by atoms with Crippen molar-refractivity contribution in [2.75, 3.05) is 6.54 Å². The number of rotatable bonds is 2. The molecule has 1 aliphatic carbocycles. The highest BCUT2D eigenvalue weighted by atomic mass is 15.6. The van der Waals surface area contributed by atoms with Crippen LogP contribution >= 0.6 is 0 Å². The van der Waals surface area contributed by atoms with Crippen molar-refractivity contribution < 1.29 is 0 Å². The van der Waals surface area contributed by atoms with Gasteiger partial charge in [-0.05, 0) is 38.8 Å². The minimum atomic E-state index is -0.115. The van der Waals surface area contributed by atoms with Crippen molar-refractivity contribution in [1.82, 2.24) is 20.2 Å². The zero-order valence-electron chi connectivity index (χ0n) is 11.1. The van der Waals surface area contributed by atoms with Gasteiger partial charge < -0.3 is 5.73 Å². The highest BCUT2D eigenvalue weighted by Gasteiger charge is 2.37. The van der Waals surface area contributed by atoms with Gasteiger partial charge in [0, 0.05) is 12.0 Å². The van der Waals surface area contributed by atoms with Crippen LogP contribution in [0.4, 0.5) is 0 Å². The van der Waals surface area contributed by atoms with Crippen LogP contribution in [0, 0.1) is 0 Å². The van der Waals surface area contributed by atoms with Crippen LogP contribution in [0.2, 0.25) is 0 Å². The number of nitrogens with zero attached hydrogens (tertiary/aromatic N) is 4. The topological polar surface area (TPSA) is 69.6 Å². The minimum Gasteiger partial charge on any atom is -0.329 e. The van der Waals surface area contributed by atoms with Crippen LogP contribution < -0.4 is 5.73 Å². The highest BCUT2D eigenvalue weighted by Crippen LogP contribution is 2.36. The molecule has 5 heteroatoms. The third-order valence-corrected chi connectivity index (χ3v) is 3.69. The van der Waals surface area contributed by atoms with Crippen molar-refractivity contribution in [3.8, 4) is 0 Å². The van der Waals surface area contributed by atoms with E-state index in [1.165, 1.54) is 19.3 Å². The number of tetrazole rings is 1. The van der Waals surface area contributed by atoms with Crippen molar-refractivity contribution >= 4 is 0 Å². The molecule has 0 atom stereocenters. The Balaban J connectivity index is 2.28. The summed E-state index contributed by atoms with van der Waals surface area (Å²) in [6, 6.07) is 0. The average molecular weight is 237 g/mol. The van der Waals surface area contributed by atoms with Gasteiger partial charge in [0.1, 0.15) is 0 Å². The van der Waals surface area contributed by atoms with Gasteiger partial charge >= 0.3 is 0 Å². The number of hydrogen-bond donors (Lipinski definition) is 1. The molecular weight excluding hydrogens is 214 g/mol. The van der Waals surface area contributed by atoms with Gasteiger partial charge in [-0.1, -0.05) is 19.3 Å². The van der Waals surface area contributed by atoms with Gasteiger partial charge in [0.15, 0.2) is 5.82 Å². The average Bonchev–Trinajstić information content (AvgIpc) is 2.79. The fourth-order valence-corrected chi connectivity index (χ4v) is 2.46. The highest BCUT2D eigenvalue weighted by molar-refractivity contribution is 5.07. The predicted octanol–water partition coefficient (Wildman–Crippen LogP) is 1.59. The van der Waals surface area contributed by atoms with Gasteiger partial charge in [-0.25, -0.2) is 0 Å². The summed E-state index contributed by atoms with van der Waals surface area (Å²) in [6.07, 6.45) is 5.94. The predicted molar refractivity (Wildman–Crippen MR) is 66.6 cm³/mol. The lowest BCUT2D eigenvalue weighted by Crippen LogP contribution is -2.38. The fourth-order valence-electron chi connectivity index (χ4n) is 2.46. The second-order valence-electron chi connectivity index (χ2n) is 6.12. The molecule has 0 radical (unpaired) electrons. The Hall–Kier alpha value is -0.970. The third-order valence-electron chi connectivity index (χ3n) is 3.69. The molecule has 2 rings (SSSR count). The molecular formula is C12H23N5. The first-order chi connectivity index (χ1) is 7.98. The quantitative estimate of drug-likeness (QED) is 0.848. The zero-order valence-corrected chi connectivity index (χ0v) is 11.1. The summed E-state index contributed by atoms with van der Waals surface area (Å²) in [4.78, 5) is 1.70. The Morgan fingerprint density at radius 2 is 1.88 bits per heavy atom. The van der Waals surface area contributed by atoms with E-state index in [-0.39, 0.29) is 11.0 Å². The Kier molecular flexibility index (Phi) is 3.21. The molecule has 0 aromatic carbocycles. The summed E-state index contributed by atoms with van der Waals surface area (Å²) < 4.78 is 0. The smallest absolute Gasteiger partial charge is 0.182 e. The van der Waals surface area contributed by atoms with E-state index in [0.29, 0.717) is 6.54 Å². The fraction of sp³-hybridized carbons (Fsp3) is 0.917. The molecule has 1 aromatic rings. The standard InChI is InChI=1S/C12H23N5/c1-11(2,3)17-15-10(14-16-17)12(9-13)7-5-4-6-8-12/h4-9,13H2,1-3H3. The second-order valence-corrected chi connectivity index (χ2v) is 6.12. The Labute approximate surface area is 103 Å². The molecule has 0 bridgehead atoms. The van der Waals surface area contributed by atoms with Gasteiger partial charge in [-0.2, -0.15) is 4.80 Å². The van der Waals surface area contributed by atoms with Crippen LogP contribution in [0.1, 0.15) is 58.7 Å². The Morgan fingerprint density at radius 3 is 2.35 bits per heavy atom. The maximum Gasteiger partial charge on any atom is 0.182 e. The molecule has 17 heavy (non-hydrogen) atoms. The van der Waals surface area contributed by atoms with Crippen LogP contribution in [0.3, 0.4) is 0 Å². The normalized spacial score (nSPS) is 20.5. The second kappa shape index (κ2) is 4.37. The summed E-state index contributed by atoms with van der Waals surface area (Å²) in [7, 11) is 0. The first-order valence-electron chi connectivity index (χ1n) is 6.49. The van der Waals surface area contributed by atoms with Crippen LogP contribution in [0.5, 0.6) is 0 Å². The molecule has 0 aliphatic heterocycles. The van der Waals surface area contributed by atoms with Crippen molar-refractivity contribution in [3.05, 3.63) is 5.82 Å². The maximum atomic E-state index is 5.97. The molecule has 0 saturated heterocycles. The van der Waals surface area contributed by atoms with E-state index >= 15 is 0 Å². The summed E-state index contributed by atoms with van der Waals surface area (Å²) in [5.74, 6) is 0.842. The summed E-state index contributed by atoms with van der Waals surface area (Å²) >= 11 is 0. The lowest BCUT2D eigenvalue weighted by atomic mass is 9.73. The molecule has 1 saturated carbocycles. The van der Waals surface area contributed by atoms with Crippen LogP contribution in [0.25, 0.3) is 0 Å². The molecule has 2 N–H and O–H groups in total. The van der Waals surface area contributed by atoms with Gasteiger partial charge in [-0.3, -0.25) is 0 Å². The van der Waals surface area contributed by atoms with E-state index in [1.807, 2.05) is 0 Å². The van der Waals surface area contributed by atoms with Crippen LogP contribution in [0.15, 0.2) is 0 Å². The van der Waals surface area contributed by atoms with E-state index in [0.717, 1.165) is 18.7 Å². The molecule has 0 amide bonds. The van der Waals surface area contributed by atoms with Gasteiger partial charge in [0.05, 0.1) is 5.54 Å². The number of nitrogens with two attached hydrogens (primary N) is 1.